The van der Waals surface area contributed by atoms with Crippen molar-refractivity contribution in [2.24, 2.45) is 0 Å². The molecule has 2 rings (SSSR count). The third-order valence-electron chi connectivity index (χ3n) is 3.05. The Hall–Kier alpha value is -2.11. The topological polar surface area (TPSA) is 71.5 Å². The number of amides is 2. The number of rotatable bonds is 3. The molecule has 6 heteroatoms. The van der Waals surface area contributed by atoms with E-state index < -0.39 is 6.04 Å². The van der Waals surface area contributed by atoms with Crippen LogP contribution in [0.15, 0.2) is 18.3 Å². The molecule has 1 N–H and O–H groups in total. The fourth-order valence-electron chi connectivity index (χ4n) is 2.03. The van der Waals surface area contributed by atoms with Crippen LogP contribution in [0.3, 0.4) is 0 Å². The van der Waals surface area contributed by atoms with Gasteiger partial charge < -0.3 is 15.0 Å². The number of ether oxygens (including phenoxy) is 1. The molecule has 0 bridgehead atoms. The standard InChI is InChI=1S/C13H17N3O3/c1-9-13(18)16(6-4-11(17)15-9)8-10-3-5-14-12(7-10)19-2/h3,5,7,9H,4,6,8H2,1-2H3,(H,15,17). The zero-order valence-electron chi connectivity index (χ0n) is 11.0. The summed E-state index contributed by atoms with van der Waals surface area (Å²) in [5, 5.41) is 2.66. The van der Waals surface area contributed by atoms with Gasteiger partial charge in [0.05, 0.1) is 7.11 Å². The zero-order chi connectivity index (χ0) is 13.8. The van der Waals surface area contributed by atoms with Crippen LogP contribution in [0.2, 0.25) is 0 Å². The minimum absolute atomic E-state index is 0.0679. The van der Waals surface area contributed by atoms with Gasteiger partial charge in [0.1, 0.15) is 6.04 Å². The fraction of sp³-hybridized carbons (Fsp3) is 0.462. The van der Waals surface area contributed by atoms with Gasteiger partial charge in [0.15, 0.2) is 0 Å². The molecule has 1 unspecified atom stereocenters. The van der Waals surface area contributed by atoms with Crippen molar-refractivity contribution < 1.29 is 14.3 Å². The van der Waals surface area contributed by atoms with E-state index in [1.165, 1.54) is 0 Å². The number of carbonyl (C=O) groups excluding carboxylic acids is 2. The monoisotopic (exact) mass is 263 g/mol. The maximum Gasteiger partial charge on any atom is 0.245 e. The highest BCUT2D eigenvalue weighted by molar-refractivity contribution is 5.89. The van der Waals surface area contributed by atoms with Crippen LogP contribution in [-0.4, -0.2) is 41.4 Å². The average molecular weight is 263 g/mol. The van der Waals surface area contributed by atoms with E-state index in [0.717, 1.165) is 5.56 Å². The van der Waals surface area contributed by atoms with Gasteiger partial charge in [0.25, 0.3) is 0 Å². The molecule has 2 heterocycles. The van der Waals surface area contributed by atoms with E-state index in [1.54, 1.807) is 31.2 Å². The van der Waals surface area contributed by atoms with E-state index in [4.69, 9.17) is 4.74 Å². The lowest BCUT2D eigenvalue weighted by Crippen LogP contribution is -2.42. The number of nitrogens with one attached hydrogen (secondary N) is 1. The second kappa shape index (κ2) is 5.69. The Morgan fingerprint density at radius 3 is 3.05 bits per heavy atom. The number of hydrogen-bond acceptors (Lipinski definition) is 4. The van der Waals surface area contributed by atoms with E-state index in [0.29, 0.717) is 25.4 Å². The van der Waals surface area contributed by atoms with E-state index in [9.17, 15) is 9.59 Å². The summed E-state index contributed by atoms with van der Waals surface area (Å²) in [7, 11) is 1.55. The van der Waals surface area contributed by atoms with Gasteiger partial charge in [-0.05, 0) is 18.6 Å². The Morgan fingerprint density at radius 1 is 1.53 bits per heavy atom. The van der Waals surface area contributed by atoms with E-state index in [2.05, 4.69) is 10.3 Å². The largest absolute Gasteiger partial charge is 0.481 e. The molecule has 1 aromatic rings. The van der Waals surface area contributed by atoms with Gasteiger partial charge in [-0.25, -0.2) is 4.98 Å². The lowest BCUT2D eigenvalue weighted by atomic mass is 10.2. The van der Waals surface area contributed by atoms with Crippen LogP contribution in [0.25, 0.3) is 0 Å². The van der Waals surface area contributed by atoms with Crippen LogP contribution in [-0.2, 0) is 16.1 Å². The van der Waals surface area contributed by atoms with Crippen LogP contribution in [0, 0.1) is 0 Å². The molecule has 1 atom stereocenters. The summed E-state index contributed by atoms with van der Waals surface area (Å²) in [5.41, 5.74) is 0.932. The summed E-state index contributed by atoms with van der Waals surface area (Å²) >= 11 is 0. The van der Waals surface area contributed by atoms with Gasteiger partial charge >= 0.3 is 0 Å². The van der Waals surface area contributed by atoms with Crippen LogP contribution < -0.4 is 10.1 Å². The Labute approximate surface area is 111 Å². The molecule has 1 aliphatic rings. The highest BCUT2D eigenvalue weighted by atomic mass is 16.5. The Balaban J connectivity index is 2.12. The third kappa shape index (κ3) is 3.21. The number of carbonyl (C=O) groups is 2. The normalized spacial score (nSPS) is 19.9. The van der Waals surface area contributed by atoms with Gasteiger partial charge in [0.2, 0.25) is 17.7 Å². The van der Waals surface area contributed by atoms with Crippen molar-refractivity contribution in [2.45, 2.75) is 25.9 Å². The van der Waals surface area contributed by atoms with Crippen molar-refractivity contribution in [3.8, 4) is 5.88 Å². The molecule has 1 aliphatic heterocycles. The molecule has 102 valence electrons. The third-order valence-corrected chi connectivity index (χ3v) is 3.05. The molecule has 1 saturated heterocycles. The predicted octanol–water partition coefficient (Wildman–Crippen LogP) is 0.327. The van der Waals surface area contributed by atoms with Crippen LogP contribution in [0.5, 0.6) is 5.88 Å². The first-order valence-corrected chi connectivity index (χ1v) is 6.17. The number of hydrogen-bond donors (Lipinski definition) is 1. The van der Waals surface area contributed by atoms with Gasteiger partial charge in [-0.1, -0.05) is 0 Å². The molecule has 0 radical (unpaired) electrons. The smallest absolute Gasteiger partial charge is 0.245 e. The fourth-order valence-corrected chi connectivity index (χ4v) is 2.03. The number of methoxy groups -OCH3 is 1. The van der Waals surface area contributed by atoms with Crippen molar-refractivity contribution in [3.05, 3.63) is 23.9 Å². The highest BCUT2D eigenvalue weighted by Crippen LogP contribution is 2.13. The van der Waals surface area contributed by atoms with Gasteiger partial charge in [-0.2, -0.15) is 0 Å². The lowest BCUT2D eigenvalue weighted by molar-refractivity contribution is -0.133. The second-order valence-corrected chi connectivity index (χ2v) is 4.51. The Bertz CT molecular complexity index is 490. The van der Waals surface area contributed by atoms with E-state index >= 15 is 0 Å². The summed E-state index contributed by atoms with van der Waals surface area (Å²) in [5.74, 6) is 0.360. The summed E-state index contributed by atoms with van der Waals surface area (Å²) in [6, 6.07) is 3.15. The molecule has 0 aromatic carbocycles. The molecule has 0 aliphatic carbocycles. The van der Waals surface area contributed by atoms with E-state index in [-0.39, 0.29) is 11.8 Å². The molecule has 1 fully saturated rings. The lowest BCUT2D eigenvalue weighted by Gasteiger charge is -2.22. The quantitative estimate of drug-likeness (QED) is 0.853. The van der Waals surface area contributed by atoms with Gasteiger partial charge in [-0.3, -0.25) is 9.59 Å². The van der Waals surface area contributed by atoms with Gasteiger partial charge in [-0.15, -0.1) is 0 Å². The first-order chi connectivity index (χ1) is 9.10. The van der Waals surface area contributed by atoms with Crippen LogP contribution >= 0.6 is 0 Å². The maximum absolute atomic E-state index is 12.1. The number of pyridine rings is 1. The number of aromatic nitrogens is 1. The summed E-state index contributed by atoms with van der Waals surface area (Å²) < 4.78 is 5.05. The van der Waals surface area contributed by atoms with Crippen molar-refractivity contribution >= 4 is 11.8 Å². The molecule has 2 amide bonds. The van der Waals surface area contributed by atoms with Crippen molar-refractivity contribution in [2.75, 3.05) is 13.7 Å². The van der Waals surface area contributed by atoms with Crippen molar-refractivity contribution in [1.82, 2.24) is 15.2 Å². The molecule has 0 saturated carbocycles. The minimum Gasteiger partial charge on any atom is -0.481 e. The average Bonchev–Trinajstić information content (AvgIpc) is 2.52. The molecule has 6 nitrogen and oxygen atoms in total. The molecule has 1 aromatic heterocycles. The molecular formula is C13H17N3O3. The summed E-state index contributed by atoms with van der Waals surface area (Å²) in [4.78, 5) is 29.2. The number of nitrogens with zero attached hydrogens (tertiary/aromatic N) is 2. The van der Waals surface area contributed by atoms with Gasteiger partial charge in [0, 0.05) is 31.8 Å². The second-order valence-electron chi connectivity index (χ2n) is 4.51. The van der Waals surface area contributed by atoms with E-state index in [1.807, 2.05) is 6.07 Å². The minimum atomic E-state index is -0.473. The summed E-state index contributed by atoms with van der Waals surface area (Å²) in [6.45, 7) is 2.59. The Kier molecular flexibility index (Phi) is 3.99. The molecular weight excluding hydrogens is 246 g/mol. The van der Waals surface area contributed by atoms with Crippen molar-refractivity contribution in [3.63, 3.8) is 0 Å². The first kappa shape index (κ1) is 13.3. The van der Waals surface area contributed by atoms with Crippen LogP contribution in [0.4, 0.5) is 0 Å². The Morgan fingerprint density at radius 2 is 2.32 bits per heavy atom. The zero-order valence-corrected chi connectivity index (χ0v) is 11.0. The van der Waals surface area contributed by atoms with Crippen LogP contribution in [0.1, 0.15) is 18.9 Å². The maximum atomic E-state index is 12.1. The summed E-state index contributed by atoms with van der Waals surface area (Å²) in [6.07, 6.45) is 1.97. The molecule has 19 heavy (non-hydrogen) atoms. The predicted molar refractivity (Wildman–Crippen MR) is 68.4 cm³/mol. The first-order valence-electron chi connectivity index (χ1n) is 6.17. The highest BCUT2D eigenvalue weighted by Gasteiger charge is 2.26. The van der Waals surface area contributed by atoms with Crippen molar-refractivity contribution in [1.29, 1.82) is 0 Å². The SMILES string of the molecule is COc1cc(CN2CCC(=O)NC(C)C2=O)ccn1. The molecule has 0 spiro atoms.